The van der Waals surface area contributed by atoms with Gasteiger partial charge < -0.3 is 10.5 Å². The van der Waals surface area contributed by atoms with Crippen molar-refractivity contribution < 1.29 is 17.9 Å². The zero-order valence-corrected chi connectivity index (χ0v) is 14.1. The molecule has 0 unspecified atom stereocenters. The summed E-state index contributed by atoms with van der Waals surface area (Å²) in [5.74, 6) is -0.238. The van der Waals surface area contributed by atoms with Crippen LogP contribution in [0.3, 0.4) is 0 Å². The first kappa shape index (κ1) is 17.8. The van der Waals surface area contributed by atoms with Gasteiger partial charge in [-0.3, -0.25) is 4.79 Å². The average Bonchev–Trinajstić information content (AvgIpc) is 2.35. The molecule has 0 spiro atoms. The van der Waals surface area contributed by atoms with E-state index in [1.54, 1.807) is 26.8 Å². The number of rotatable bonds is 5. The van der Waals surface area contributed by atoms with Crippen molar-refractivity contribution in [1.82, 2.24) is 4.72 Å². The number of carbonyl (C=O) groups excluding carboxylic acids is 1. The zero-order chi connectivity index (χ0) is 16.3. The smallest absolute Gasteiger partial charge is 0.316 e. The second-order valence-electron chi connectivity index (χ2n) is 5.28. The molecule has 0 amide bonds. The second-order valence-corrected chi connectivity index (χ2v) is 8.19. The molecule has 3 N–H and O–H groups in total. The number of esters is 1. The maximum atomic E-state index is 11.6. The molecule has 0 fully saturated rings. The second kappa shape index (κ2) is 6.67. The van der Waals surface area contributed by atoms with Crippen LogP contribution in [0, 0.1) is 0 Å². The van der Waals surface area contributed by atoms with Crippen molar-refractivity contribution in [3.63, 3.8) is 0 Å². The summed E-state index contributed by atoms with van der Waals surface area (Å²) >= 11 is 1.21. The van der Waals surface area contributed by atoms with Crippen LogP contribution in [0.2, 0.25) is 0 Å². The number of thioether (sulfide) groups is 1. The first-order valence-electron chi connectivity index (χ1n) is 6.23. The first-order chi connectivity index (χ1) is 9.55. The molecule has 0 aliphatic heterocycles. The Bertz CT molecular complexity index is 622. The summed E-state index contributed by atoms with van der Waals surface area (Å²) in [6, 6.07) is 4.39. The molecule has 0 saturated heterocycles. The third kappa shape index (κ3) is 5.56. The van der Waals surface area contributed by atoms with Crippen molar-refractivity contribution >= 4 is 33.4 Å². The van der Waals surface area contributed by atoms with E-state index in [2.05, 4.69) is 4.72 Å². The minimum absolute atomic E-state index is 0.0871. The quantitative estimate of drug-likeness (QED) is 0.483. The Morgan fingerprint density at radius 1 is 1.38 bits per heavy atom. The number of sulfonamides is 1. The van der Waals surface area contributed by atoms with Crippen molar-refractivity contribution in [1.29, 1.82) is 0 Å². The van der Waals surface area contributed by atoms with E-state index in [9.17, 15) is 13.2 Å². The Morgan fingerprint density at radius 2 is 2.00 bits per heavy atom. The van der Waals surface area contributed by atoms with E-state index in [-0.39, 0.29) is 16.6 Å². The maximum absolute atomic E-state index is 11.6. The molecule has 118 valence electrons. The number of nitrogens with one attached hydrogen (secondary N) is 1. The molecule has 21 heavy (non-hydrogen) atoms. The van der Waals surface area contributed by atoms with Crippen LogP contribution in [-0.4, -0.2) is 32.8 Å². The van der Waals surface area contributed by atoms with Crippen LogP contribution in [-0.2, 0) is 19.6 Å². The highest BCUT2D eigenvalue weighted by Crippen LogP contribution is 2.27. The topological polar surface area (TPSA) is 98.5 Å². The number of ether oxygens (including phenoxy) is 1. The number of anilines is 1. The SMILES string of the molecule is CNS(=O)(=O)c1ccc(SCC(=O)OC(C)(C)C)c(N)c1. The van der Waals surface area contributed by atoms with Gasteiger partial charge in [0, 0.05) is 10.6 Å². The lowest BCUT2D eigenvalue weighted by atomic mass is 10.2. The summed E-state index contributed by atoms with van der Waals surface area (Å²) in [5, 5.41) is 0. The van der Waals surface area contributed by atoms with Crippen LogP contribution in [0.15, 0.2) is 28.0 Å². The molecule has 6 nitrogen and oxygen atoms in total. The molecule has 0 atom stereocenters. The van der Waals surface area contributed by atoms with Crippen molar-refractivity contribution in [2.24, 2.45) is 0 Å². The van der Waals surface area contributed by atoms with Crippen molar-refractivity contribution in [3.8, 4) is 0 Å². The molecule has 1 aromatic rings. The Labute approximate surface area is 129 Å². The Kier molecular flexibility index (Phi) is 5.66. The predicted octanol–water partition coefficient (Wildman–Crippen LogP) is 1.61. The number of carbonyl (C=O) groups is 1. The highest BCUT2D eigenvalue weighted by atomic mass is 32.2. The van der Waals surface area contributed by atoms with Crippen LogP contribution in [0.25, 0.3) is 0 Å². The lowest BCUT2D eigenvalue weighted by Gasteiger charge is -2.19. The maximum Gasteiger partial charge on any atom is 0.316 e. The van der Waals surface area contributed by atoms with Crippen molar-refractivity contribution in [2.75, 3.05) is 18.5 Å². The summed E-state index contributed by atoms with van der Waals surface area (Å²) in [4.78, 5) is 12.3. The highest BCUT2D eigenvalue weighted by Gasteiger charge is 2.17. The van der Waals surface area contributed by atoms with E-state index in [1.165, 1.54) is 30.9 Å². The summed E-state index contributed by atoms with van der Waals surface area (Å²) in [5.41, 5.74) is 5.59. The van der Waals surface area contributed by atoms with E-state index < -0.39 is 15.6 Å². The van der Waals surface area contributed by atoms with E-state index in [0.29, 0.717) is 10.6 Å². The third-order valence-electron chi connectivity index (χ3n) is 2.33. The molecule has 8 heteroatoms. The number of hydrogen-bond acceptors (Lipinski definition) is 6. The molecule has 0 saturated carbocycles. The van der Waals surface area contributed by atoms with Gasteiger partial charge in [0.05, 0.1) is 10.6 Å². The fourth-order valence-electron chi connectivity index (χ4n) is 1.45. The van der Waals surface area contributed by atoms with E-state index in [4.69, 9.17) is 10.5 Å². The molecular weight excluding hydrogens is 312 g/mol. The molecule has 1 rings (SSSR count). The molecular formula is C13H20N2O4S2. The number of hydrogen-bond donors (Lipinski definition) is 2. The normalized spacial score (nSPS) is 12.2. The first-order valence-corrected chi connectivity index (χ1v) is 8.70. The fraction of sp³-hybridized carbons (Fsp3) is 0.462. The van der Waals surface area contributed by atoms with Gasteiger partial charge in [-0.1, -0.05) is 0 Å². The minimum atomic E-state index is -3.52. The van der Waals surface area contributed by atoms with Gasteiger partial charge in [-0.2, -0.15) is 0 Å². The Morgan fingerprint density at radius 3 is 2.48 bits per heavy atom. The molecule has 0 radical (unpaired) electrons. The van der Waals surface area contributed by atoms with Crippen molar-refractivity contribution in [3.05, 3.63) is 18.2 Å². The van der Waals surface area contributed by atoms with E-state index in [0.717, 1.165) is 0 Å². The minimum Gasteiger partial charge on any atom is -0.459 e. The van der Waals surface area contributed by atoms with Gasteiger partial charge in [0.25, 0.3) is 0 Å². The predicted molar refractivity (Wildman–Crippen MR) is 83.7 cm³/mol. The van der Waals surface area contributed by atoms with Gasteiger partial charge in [-0.15, -0.1) is 11.8 Å². The standard InChI is InChI=1S/C13H20N2O4S2/c1-13(2,3)19-12(16)8-20-11-6-5-9(7-10(11)14)21(17,18)15-4/h5-7,15H,8,14H2,1-4H3. The van der Waals surface area contributed by atoms with Crippen LogP contribution in [0.4, 0.5) is 5.69 Å². The highest BCUT2D eigenvalue weighted by molar-refractivity contribution is 8.00. The molecule has 0 bridgehead atoms. The summed E-state index contributed by atoms with van der Waals surface area (Å²) in [7, 11) is -2.19. The van der Waals surface area contributed by atoms with Gasteiger partial charge in [0.1, 0.15) is 5.60 Å². The number of nitrogen functional groups attached to an aromatic ring is 1. The lowest BCUT2D eigenvalue weighted by Crippen LogP contribution is -2.24. The van der Waals surface area contributed by atoms with Crippen molar-refractivity contribution in [2.45, 2.75) is 36.2 Å². The zero-order valence-electron chi connectivity index (χ0n) is 12.5. The Hall–Kier alpha value is -1.25. The van der Waals surface area contributed by atoms with Gasteiger partial charge >= 0.3 is 5.97 Å². The molecule has 0 aliphatic rings. The van der Waals surface area contributed by atoms with E-state index >= 15 is 0 Å². The van der Waals surface area contributed by atoms with Gasteiger partial charge in [0.2, 0.25) is 10.0 Å². The average molecular weight is 332 g/mol. The fourth-order valence-corrected chi connectivity index (χ4v) is 2.94. The van der Waals surface area contributed by atoms with Crippen LogP contribution in [0.5, 0.6) is 0 Å². The van der Waals surface area contributed by atoms with Gasteiger partial charge in [-0.25, -0.2) is 13.1 Å². The Balaban J connectivity index is 2.77. The number of nitrogens with two attached hydrogens (primary N) is 1. The molecule has 1 aromatic carbocycles. The summed E-state index contributed by atoms with van der Waals surface area (Å²) < 4.78 is 30.7. The van der Waals surface area contributed by atoms with Crippen LogP contribution >= 0.6 is 11.8 Å². The molecule has 0 heterocycles. The van der Waals surface area contributed by atoms with Gasteiger partial charge in [0.15, 0.2) is 0 Å². The van der Waals surface area contributed by atoms with E-state index in [1.807, 2.05) is 0 Å². The third-order valence-corrected chi connectivity index (χ3v) is 4.80. The largest absolute Gasteiger partial charge is 0.459 e. The molecule has 0 aliphatic carbocycles. The van der Waals surface area contributed by atoms with Crippen LogP contribution in [0.1, 0.15) is 20.8 Å². The summed E-state index contributed by atoms with van der Waals surface area (Å²) in [6.07, 6.45) is 0. The lowest BCUT2D eigenvalue weighted by molar-refractivity contribution is -0.151. The number of benzene rings is 1. The molecule has 0 aromatic heterocycles. The summed E-state index contributed by atoms with van der Waals surface area (Å²) in [6.45, 7) is 5.38. The van der Waals surface area contributed by atoms with Gasteiger partial charge in [-0.05, 0) is 46.0 Å². The monoisotopic (exact) mass is 332 g/mol. The van der Waals surface area contributed by atoms with Crippen LogP contribution < -0.4 is 10.5 Å².